The van der Waals surface area contributed by atoms with Gasteiger partial charge in [-0.1, -0.05) is 12.1 Å². The summed E-state index contributed by atoms with van der Waals surface area (Å²) in [5.41, 5.74) is 0.738. The molecule has 8 heteroatoms. The third-order valence-corrected chi connectivity index (χ3v) is 4.65. The van der Waals surface area contributed by atoms with E-state index in [9.17, 15) is 14.9 Å². The Morgan fingerprint density at radius 2 is 1.92 bits per heavy atom. The largest absolute Gasteiger partial charge is 0.496 e. The monoisotopic (exact) mass is 453 g/mol. The molecule has 0 spiro atoms. The van der Waals surface area contributed by atoms with Gasteiger partial charge in [0.2, 0.25) is 5.78 Å². The Hall–Kier alpha value is -2.62. The van der Waals surface area contributed by atoms with Crippen molar-refractivity contribution in [1.82, 2.24) is 0 Å². The molecule has 0 fully saturated rings. The molecule has 0 aliphatic carbocycles. The SMILES string of the molecule is COc1cc(OC)c2c(c1I)OC(=Cc1cccc([N+](=O)[O-])c1)C2=O. The van der Waals surface area contributed by atoms with Gasteiger partial charge < -0.3 is 14.2 Å². The summed E-state index contributed by atoms with van der Waals surface area (Å²) in [6.07, 6.45) is 1.47. The number of nitro groups is 1. The number of ketones is 1. The van der Waals surface area contributed by atoms with Gasteiger partial charge in [-0.05, 0) is 34.2 Å². The van der Waals surface area contributed by atoms with E-state index in [4.69, 9.17) is 14.2 Å². The molecule has 1 aliphatic rings. The Labute approximate surface area is 156 Å². The number of nitrogens with zero attached hydrogens (tertiary/aromatic N) is 1. The number of halogens is 1. The molecule has 0 amide bonds. The van der Waals surface area contributed by atoms with Crippen molar-refractivity contribution in [2.24, 2.45) is 0 Å². The number of non-ortho nitro benzene ring substituents is 1. The molecule has 1 heterocycles. The third-order valence-electron chi connectivity index (χ3n) is 3.63. The number of hydrogen-bond acceptors (Lipinski definition) is 6. The lowest BCUT2D eigenvalue weighted by molar-refractivity contribution is -0.384. The number of ether oxygens (including phenoxy) is 3. The van der Waals surface area contributed by atoms with Gasteiger partial charge in [0.25, 0.3) is 5.69 Å². The van der Waals surface area contributed by atoms with Crippen molar-refractivity contribution in [3.63, 3.8) is 0 Å². The number of rotatable bonds is 4. The summed E-state index contributed by atoms with van der Waals surface area (Å²) < 4.78 is 16.9. The number of fused-ring (bicyclic) bond motifs is 1. The van der Waals surface area contributed by atoms with Gasteiger partial charge in [-0.3, -0.25) is 14.9 Å². The number of Topliss-reactive ketones (excluding diaryl/α,β-unsaturated/α-hetero) is 1. The third kappa shape index (κ3) is 3.04. The predicted octanol–water partition coefficient (Wildman–Crippen LogP) is 3.83. The van der Waals surface area contributed by atoms with Gasteiger partial charge in [-0.2, -0.15) is 0 Å². The highest BCUT2D eigenvalue weighted by molar-refractivity contribution is 14.1. The average Bonchev–Trinajstić information content (AvgIpc) is 2.93. The highest BCUT2D eigenvalue weighted by atomic mass is 127. The van der Waals surface area contributed by atoms with E-state index in [1.54, 1.807) is 18.2 Å². The normalized spacial score (nSPS) is 14.2. The van der Waals surface area contributed by atoms with Gasteiger partial charge >= 0.3 is 0 Å². The zero-order valence-corrected chi connectivity index (χ0v) is 15.4. The molecule has 0 saturated heterocycles. The minimum Gasteiger partial charge on any atom is -0.496 e. The number of carbonyl (C=O) groups is 1. The van der Waals surface area contributed by atoms with Crippen LogP contribution < -0.4 is 14.2 Å². The second-order valence-corrected chi connectivity index (χ2v) is 6.17. The zero-order chi connectivity index (χ0) is 18.1. The van der Waals surface area contributed by atoms with Crippen LogP contribution in [-0.4, -0.2) is 24.9 Å². The first-order valence-corrected chi connectivity index (χ1v) is 8.17. The van der Waals surface area contributed by atoms with Crippen LogP contribution in [0.15, 0.2) is 36.1 Å². The van der Waals surface area contributed by atoms with E-state index in [2.05, 4.69) is 0 Å². The summed E-state index contributed by atoms with van der Waals surface area (Å²) in [6.45, 7) is 0. The van der Waals surface area contributed by atoms with Crippen LogP contribution in [-0.2, 0) is 0 Å². The summed E-state index contributed by atoms with van der Waals surface area (Å²) in [7, 11) is 2.97. The van der Waals surface area contributed by atoms with Crippen LogP contribution in [0.5, 0.6) is 17.2 Å². The van der Waals surface area contributed by atoms with E-state index in [0.29, 0.717) is 31.9 Å². The van der Waals surface area contributed by atoms with E-state index < -0.39 is 4.92 Å². The van der Waals surface area contributed by atoms with Crippen molar-refractivity contribution >= 4 is 40.1 Å². The first-order valence-electron chi connectivity index (χ1n) is 7.09. The molecule has 7 nitrogen and oxygen atoms in total. The average molecular weight is 453 g/mol. The van der Waals surface area contributed by atoms with Crippen molar-refractivity contribution in [3.05, 3.63) is 60.9 Å². The van der Waals surface area contributed by atoms with Crippen molar-refractivity contribution in [2.75, 3.05) is 14.2 Å². The smallest absolute Gasteiger partial charge is 0.270 e. The topological polar surface area (TPSA) is 87.9 Å². The molecular weight excluding hydrogens is 441 g/mol. The minimum absolute atomic E-state index is 0.0638. The molecule has 0 N–H and O–H groups in total. The number of methoxy groups -OCH3 is 2. The summed E-state index contributed by atoms with van der Waals surface area (Å²) in [5, 5.41) is 10.9. The molecule has 0 bridgehead atoms. The lowest BCUT2D eigenvalue weighted by Gasteiger charge is -2.10. The summed E-state index contributed by atoms with van der Waals surface area (Å²) in [4.78, 5) is 23.1. The number of allylic oxidation sites excluding steroid dienone is 1. The van der Waals surface area contributed by atoms with Crippen LogP contribution in [0.4, 0.5) is 5.69 Å². The first-order chi connectivity index (χ1) is 12.0. The maximum atomic E-state index is 12.7. The number of carbonyl (C=O) groups excluding carboxylic acids is 1. The predicted molar refractivity (Wildman–Crippen MR) is 98.3 cm³/mol. The van der Waals surface area contributed by atoms with Crippen LogP contribution in [0.25, 0.3) is 6.08 Å². The van der Waals surface area contributed by atoms with Crippen molar-refractivity contribution in [1.29, 1.82) is 0 Å². The molecule has 2 aromatic carbocycles. The van der Waals surface area contributed by atoms with Gasteiger partial charge in [0.15, 0.2) is 11.5 Å². The van der Waals surface area contributed by atoms with Gasteiger partial charge in [-0.25, -0.2) is 0 Å². The Morgan fingerprint density at radius 1 is 1.20 bits per heavy atom. The van der Waals surface area contributed by atoms with E-state index >= 15 is 0 Å². The maximum absolute atomic E-state index is 12.7. The summed E-state index contributed by atoms with van der Waals surface area (Å²) >= 11 is 2.03. The zero-order valence-electron chi connectivity index (χ0n) is 13.2. The van der Waals surface area contributed by atoms with E-state index in [-0.39, 0.29) is 17.2 Å². The second kappa shape index (κ2) is 6.71. The summed E-state index contributed by atoms with van der Waals surface area (Å²) in [6, 6.07) is 7.57. The second-order valence-electron chi connectivity index (χ2n) is 5.09. The molecule has 128 valence electrons. The van der Waals surface area contributed by atoms with Crippen LogP contribution in [0.1, 0.15) is 15.9 Å². The minimum atomic E-state index is -0.495. The van der Waals surface area contributed by atoms with Crippen LogP contribution in [0.2, 0.25) is 0 Å². The molecule has 2 aromatic rings. The highest BCUT2D eigenvalue weighted by Crippen LogP contribution is 2.45. The van der Waals surface area contributed by atoms with Crippen molar-refractivity contribution in [3.8, 4) is 17.2 Å². The molecule has 25 heavy (non-hydrogen) atoms. The molecule has 1 aliphatic heterocycles. The van der Waals surface area contributed by atoms with E-state index in [0.717, 1.165) is 0 Å². The Bertz CT molecular complexity index is 922. The molecule has 0 unspecified atom stereocenters. The molecule has 0 aromatic heterocycles. The Balaban J connectivity index is 2.07. The molecule has 0 radical (unpaired) electrons. The van der Waals surface area contributed by atoms with Crippen LogP contribution in [0.3, 0.4) is 0 Å². The molecule has 0 saturated carbocycles. The quantitative estimate of drug-likeness (QED) is 0.303. The fourth-order valence-corrected chi connectivity index (χ4v) is 3.22. The van der Waals surface area contributed by atoms with Gasteiger partial charge in [0.05, 0.1) is 22.7 Å². The fourth-order valence-electron chi connectivity index (χ4n) is 2.46. The standard InChI is InChI=1S/C17H12INO6/c1-23-11-8-12(24-2)15(18)17-14(11)16(20)13(25-17)7-9-4-3-5-10(6-9)19(21)22/h3-8H,1-2H3. The fraction of sp³-hybridized carbons (Fsp3) is 0.118. The molecular formula is C17H12INO6. The van der Waals surface area contributed by atoms with Crippen molar-refractivity contribution < 1.29 is 23.9 Å². The number of nitro benzene ring substituents is 1. The molecule has 0 atom stereocenters. The van der Waals surface area contributed by atoms with Gasteiger partial charge in [0, 0.05) is 18.2 Å². The Morgan fingerprint density at radius 3 is 2.56 bits per heavy atom. The highest BCUT2D eigenvalue weighted by Gasteiger charge is 2.34. The summed E-state index contributed by atoms with van der Waals surface area (Å²) in [5.74, 6) is 0.956. The number of hydrogen-bond donors (Lipinski definition) is 0. The van der Waals surface area contributed by atoms with E-state index in [1.807, 2.05) is 22.6 Å². The van der Waals surface area contributed by atoms with Gasteiger partial charge in [-0.15, -0.1) is 0 Å². The lowest BCUT2D eigenvalue weighted by Crippen LogP contribution is -2.00. The first kappa shape index (κ1) is 17.2. The van der Waals surface area contributed by atoms with Crippen molar-refractivity contribution in [2.45, 2.75) is 0 Å². The number of benzene rings is 2. The van der Waals surface area contributed by atoms with Crippen LogP contribution >= 0.6 is 22.6 Å². The van der Waals surface area contributed by atoms with Gasteiger partial charge in [0.1, 0.15) is 17.1 Å². The van der Waals surface area contributed by atoms with Crippen LogP contribution in [0, 0.1) is 13.7 Å². The maximum Gasteiger partial charge on any atom is 0.270 e. The molecule has 3 rings (SSSR count). The Kier molecular flexibility index (Phi) is 4.62. The lowest BCUT2D eigenvalue weighted by atomic mass is 10.1. The van der Waals surface area contributed by atoms with E-state index in [1.165, 1.54) is 32.4 Å².